The van der Waals surface area contributed by atoms with Crippen molar-refractivity contribution in [3.8, 4) is 0 Å². The van der Waals surface area contributed by atoms with Gasteiger partial charge in [0.1, 0.15) is 6.61 Å². The fourth-order valence-electron chi connectivity index (χ4n) is 1.20. The Kier molecular flexibility index (Phi) is 4.13. The van der Waals surface area contributed by atoms with Crippen molar-refractivity contribution in [3.05, 3.63) is 47.5 Å². The third kappa shape index (κ3) is 3.19. The minimum absolute atomic E-state index is 0.0501. The smallest absolute Gasteiger partial charge is 0.384 e. The normalized spacial score (nSPS) is 10.1. The topological polar surface area (TPSA) is 68.8 Å². The van der Waals surface area contributed by atoms with E-state index in [0.29, 0.717) is 5.82 Å². The molecule has 1 aromatic heterocycles. The second-order valence-corrected chi connectivity index (χ2v) is 4.41. The molecule has 2 aromatic rings. The molecule has 0 saturated heterocycles. The van der Waals surface area contributed by atoms with Crippen molar-refractivity contribution in [2.75, 3.05) is 0 Å². The van der Waals surface area contributed by atoms with E-state index in [9.17, 15) is 4.79 Å². The summed E-state index contributed by atoms with van der Waals surface area (Å²) in [5, 5.41) is 11.4. The minimum atomic E-state index is -0.586. The lowest BCUT2D eigenvalue weighted by Crippen LogP contribution is -2.34. The van der Waals surface area contributed by atoms with E-state index in [4.69, 9.17) is 4.74 Å². The van der Waals surface area contributed by atoms with Gasteiger partial charge in [0.2, 0.25) is 22.9 Å². The van der Waals surface area contributed by atoms with Crippen molar-refractivity contribution in [3.63, 3.8) is 0 Å². The Morgan fingerprint density at radius 1 is 1.33 bits per heavy atom. The number of benzene rings is 1. The largest absolute Gasteiger partial charge is 0.455 e. The summed E-state index contributed by atoms with van der Waals surface area (Å²) in [6, 6.07) is 9.41. The van der Waals surface area contributed by atoms with Crippen LogP contribution in [0.15, 0.2) is 30.3 Å². The number of esters is 1. The molecular weight excluding hydrogens is 347 g/mol. The van der Waals surface area contributed by atoms with E-state index in [1.165, 1.54) is 2.90 Å². The molecule has 2 rings (SSSR count). The minimum Gasteiger partial charge on any atom is -0.455 e. The molecule has 0 unspecified atom stereocenters. The van der Waals surface area contributed by atoms with Crippen molar-refractivity contribution in [1.29, 1.82) is 0 Å². The highest BCUT2D eigenvalue weighted by molar-refractivity contribution is 14.1. The van der Waals surface area contributed by atoms with Crippen LogP contribution in [-0.4, -0.2) is 21.3 Å². The lowest BCUT2D eigenvalue weighted by Gasteiger charge is -2.01. The van der Waals surface area contributed by atoms with Crippen molar-refractivity contribution in [2.45, 2.75) is 13.5 Å². The van der Waals surface area contributed by atoms with Gasteiger partial charge in [-0.2, -0.15) is 0 Å². The van der Waals surface area contributed by atoms with E-state index in [0.717, 1.165) is 5.56 Å². The van der Waals surface area contributed by atoms with Crippen LogP contribution in [0, 0.1) is 6.92 Å². The highest BCUT2D eigenvalue weighted by atomic mass is 127. The van der Waals surface area contributed by atoms with Crippen LogP contribution < -0.4 is 2.90 Å². The summed E-state index contributed by atoms with van der Waals surface area (Å²) in [5.41, 5.74) is 0.910. The first-order valence-electron chi connectivity index (χ1n) is 5.17. The van der Waals surface area contributed by atoms with E-state index in [1.54, 1.807) is 6.92 Å². The highest BCUT2D eigenvalue weighted by Crippen LogP contribution is 2.02. The maximum atomic E-state index is 11.7. The molecule has 0 aliphatic heterocycles. The third-order valence-corrected chi connectivity index (χ3v) is 3.05. The van der Waals surface area contributed by atoms with Crippen LogP contribution in [0.2, 0.25) is 0 Å². The van der Waals surface area contributed by atoms with Gasteiger partial charge in [-0.15, -0.1) is 0 Å². The average molecular weight is 357 g/mol. The maximum absolute atomic E-state index is 11.7. The molecule has 1 heterocycles. The van der Waals surface area contributed by atoms with Gasteiger partial charge >= 0.3 is 17.6 Å². The number of carbonyl (C=O) groups is 1. The first-order chi connectivity index (χ1) is 8.66. The van der Waals surface area contributed by atoms with E-state index in [2.05, 4.69) is 15.3 Å². The summed E-state index contributed by atoms with van der Waals surface area (Å²) < 4.78 is 6.54. The quantitative estimate of drug-likeness (QED) is 0.606. The molecule has 7 heteroatoms. The fraction of sp³-hybridized carbons (Fsp3) is 0.182. The van der Waals surface area contributed by atoms with Gasteiger partial charge in [0.25, 0.3) is 0 Å². The number of hydrogen-bond donors (Lipinski definition) is 0. The summed E-state index contributed by atoms with van der Waals surface area (Å²) >= 11 is 1.92. The number of ether oxygens (including phenoxy) is 1. The molecule has 0 bridgehead atoms. The van der Waals surface area contributed by atoms with Crippen molar-refractivity contribution < 1.29 is 12.4 Å². The molecule has 0 aliphatic carbocycles. The number of rotatable bonds is 3. The predicted molar refractivity (Wildman–Crippen MR) is 69.7 cm³/mol. The monoisotopic (exact) mass is 357 g/mol. The summed E-state index contributed by atoms with van der Waals surface area (Å²) in [6.45, 7) is 1.93. The van der Waals surface area contributed by atoms with Gasteiger partial charge in [0.15, 0.2) is 0 Å². The first-order valence-corrected chi connectivity index (χ1v) is 6.14. The van der Waals surface area contributed by atoms with Crippen LogP contribution in [0.25, 0.3) is 0 Å². The van der Waals surface area contributed by atoms with Crippen molar-refractivity contribution in [2.24, 2.45) is 0 Å². The third-order valence-electron chi connectivity index (χ3n) is 2.13. The first kappa shape index (κ1) is 12.8. The molecule has 6 nitrogen and oxygen atoms in total. The molecule has 1 aromatic carbocycles. The Morgan fingerprint density at radius 3 is 2.72 bits per heavy atom. The number of carbonyl (C=O) groups excluding carboxylic acids is 1. The molecule has 0 saturated carbocycles. The van der Waals surface area contributed by atoms with Crippen LogP contribution in [0.4, 0.5) is 0 Å². The molecule has 0 atom stereocenters. The van der Waals surface area contributed by atoms with Gasteiger partial charge in [0, 0.05) is 6.92 Å². The van der Waals surface area contributed by atoms with Gasteiger partial charge in [-0.25, -0.2) is 4.79 Å². The molecule has 92 valence electrons. The van der Waals surface area contributed by atoms with Gasteiger partial charge in [0.05, 0.1) is 5.10 Å². The lowest BCUT2D eigenvalue weighted by molar-refractivity contribution is -0.528. The molecular formula is C11H10IN4O2+. The Balaban J connectivity index is 2.02. The molecule has 0 fully saturated rings. The number of aryl methyl sites for hydroxylation is 1. The van der Waals surface area contributed by atoms with Crippen molar-refractivity contribution >= 4 is 28.8 Å². The molecule has 0 radical (unpaired) electrons. The summed E-state index contributed by atoms with van der Waals surface area (Å²) in [4.78, 5) is 11.7. The lowest BCUT2D eigenvalue weighted by atomic mass is 10.2. The van der Waals surface area contributed by atoms with Crippen LogP contribution in [0.1, 0.15) is 22.0 Å². The van der Waals surface area contributed by atoms with Crippen LogP contribution in [0.3, 0.4) is 0 Å². The summed E-state index contributed by atoms with van der Waals surface area (Å²) in [7, 11) is 0. The second kappa shape index (κ2) is 5.80. The standard InChI is InChI=1S/C11H10IN4O2/c1-8-13-14-10(15-16(8)12)11(17)18-7-9-5-3-2-4-6-9/h2-6H,7H2,1H3/q+1. The number of nitrogens with zero attached hydrogens (tertiary/aromatic N) is 4. The van der Waals surface area contributed by atoms with E-state index < -0.39 is 5.97 Å². The zero-order valence-corrected chi connectivity index (χ0v) is 11.7. The molecule has 18 heavy (non-hydrogen) atoms. The van der Waals surface area contributed by atoms with Gasteiger partial charge < -0.3 is 4.74 Å². The average Bonchev–Trinajstić information content (AvgIpc) is 2.40. The van der Waals surface area contributed by atoms with Crippen molar-refractivity contribution in [1.82, 2.24) is 15.3 Å². The van der Waals surface area contributed by atoms with E-state index in [-0.39, 0.29) is 12.4 Å². The Labute approximate surface area is 118 Å². The maximum Gasteiger partial charge on any atom is 0.384 e. The molecule has 0 amide bonds. The Morgan fingerprint density at radius 2 is 2.06 bits per heavy atom. The zero-order chi connectivity index (χ0) is 13.0. The van der Waals surface area contributed by atoms with Crippen LogP contribution in [0.5, 0.6) is 0 Å². The van der Waals surface area contributed by atoms with Gasteiger partial charge in [-0.1, -0.05) is 33.2 Å². The Bertz CT molecular complexity index is 562. The summed E-state index contributed by atoms with van der Waals surface area (Å²) in [5.74, 6) is -0.0297. The fourth-order valence-corrected chi connectivity index (χ4v) is 1.50. The predicted octanol–water partition coefficient (Wildman–Crippen LogP) is 1.02. The highest BCUT2D eigenvalue weighted by Gasteiger charge is 2.19. The van der Waals surface area contributed by atoms with Gasteiger partial charge in [-0.05, 0) is 15.8 Å². The molecule has 0 aliphatic rings. The zero-order valence-electron chi connectivity index (χ0n) is 9.58. The SMILES string of the molecule is Cc1nnc(C(=O)OCc2ccccc2)n[n+]1I. The molecule has 0 N–H and O–H groups in total. The summed E-state index contributed by atoms with van der Waals surface area (Å²) in [6.07, 6.45) is 0. The number of aromatic nitrogens is 4. The second-order valence-electron chi connectivity index (χ2n) is 3.49. The number of hydrogen-bond acceptors (Lipinski definition) is 5. The van der Waals surface area contributed by atoms with Crippen LogP contribution in [-0.2, 0) is 11.3 Å². The van der Waals surface area contributed by atoms with Crippen LogP contribution >= 0.6 is 22.9 Å². The van der Waals surface area contributed by atoms with E-state index >= 15 is 0 Å². The van der Waals surface area contributed by atoms with E-state index in [1.807, 2.05) is 53.2 Å². The molecule has 0 spiro atoms. The van der Waals surface area contributed by atoms with Gasteiger partial charge in [-0.3, -0.25) is 0 Å². The Hall–Kier alpha value is -1.64. The number of halogens is 1.